The molecule has 0 aromatic heterocycles. The molecule has 0 heterocycles. The summed E-state index contributed by atoms with van der Waals surface area (Å²) in [6.45, 7) is 9.71. The predicted molar refractivity (Wildman–Crippen MR) is 161 cm³/mol. The average Bonchev–Trinajstić information content (AvgIpc) is 2.88. The molecule has 4 N–H and O–H groups in total. The van der Waals surface area contributed by atoms with Crippen LogP contribution in [0.25, 0.3) is 0 Å². The van der Waals surface area contributed by atoms with Crippen LogP contribution in [-0.4, -0.2) is 74.8 Å². The number of anilines is 1. The van der Waals surface area contributed by atoms with Crippen molar-refractivity contribution >= 4 is 27.5 Å². The highest BCUT2D eigenvalue weighted by atomic mass is 32.2. The van der Waals surface area contributed by atoms with Crippen LogP contribution in [0.3, 0.4) is 0 Å². The average molecular weight is 611 g/mol. The number of hydrogen-bond donors (Lipinski definition) is 4. The zero-order valence-electron chi connectivity index (χ0n) is 25.0. The summed E-state index contributed by atoms with van der Waals surface area (Å²) in [4.78, 5) is 28.5. The lowest BCUT2D eigenvalue weighted by molar-refractivity contribution is 0.0755. The van der Waals surface area contributed by atoms with Crippen LogP contribution in [-0.2, 0) is 16.4 Å². The highest BCUT2D eigenvalue weighted by molar-refractivity contribution is 7.92. The zero-order chi connectivity index (χ0) is 31.4. The number of aliphatic hydroxyl groups excluding tert-OH is 1. The fourth-order valence-corrected chi connectivity index (χ4v) is 5.04. The van der Waals surface area contributed by atoms with E-state index in [0.29, 0.717) is 38.4 Å². The molecule has 0 radical (unpaired) electrons. The number of amides is 2. The minimum absolute atomic E-state index is 0.0182. The summed E-state index contributed by atoms with van der Waals surface area (Å²) in [7, 11) is -3.73. The van der Waals surface area contributed by atoms with E-state index < -0.39 is 39.7 Å². The Kier molecular flexibility index (Phi) is 13.8. The fourth-order valence-electron chi connectivity index (χ4n) is 4.49. The second-order valence-corrected chi connectivity index (χ2v) is 12.7. The van der Waals surface area contributed by atoms with Gasteiger partial charge in [0.25, 0.3) is 11.8 Å². The minimum Gasteiger partial charge on any atom is -0.390 e. The number of rotatable bonds is 17. The third kappa shape index (κ3) is 12.0. The second-order valence-electron chi connectivity index (χ2n) is 11.0. The molecule has 0 bridgehead atoms. The summed E-state index contributed by atoms with van der Waals surface area (Å²) < 4.78 is 54.1. The Bertz CT molecular complexity index is 1280. The van der Waals surface area contributed by atoms with Gasteiger partial charge in [0.05, 0.1) is 24.1 Å². The van der Waals surface area contributed by atoms with Gasteiger partial charge in [-0.2, -0.15) is 0 Å². The molecule has 2 amide bonds. The highest BCUT2D eigenvalue weighted by Gasteiger charge is 2.25. The lowest BCUT2D eigenvalue weighted by Crippen LogP contribution is -2.49. The number of sulfonamides is 1. The van der Waals surface area contributed by atoms with Gasteiger partial charge in [0.15, 0.2) is 0 Å². The molecule has 9 nitrogen and oxygen atoms in total. The lowest BCUT2D eigenvalue weighted by Gasteiger charge is -2.26. The molecule has 12 heteroatoms. The number of carbonyl (C=O) groups excluding carboxylic acids is 2. The van der Waals surface area contributed by atoms with Crippen molar-refractivity contribution < 1.29 is 31.9 Å². The van der Waals surface area contributed by atoms with Crippen LogP contribution in [0.1, 0.15) is 73.2 Å². The summed E-state index contributed by atoms with van der Waals surface area (Å²) in [5.41, 5.74) is 0.365. The summed E-state index contributed by atoms with van der Waals surface area (Å²) in [6, 6.07) is 6.07. The first-order chi connectivity index (χ1) is 19.7. The van der Waals surface area contributed by atoms with Crippen LogP contribution >= 0.6 is 0 Å². The monoisotopic (exact) mass is 610 g/mol. The van der Waals surface area contributed by atoms with Gasteiger partial charge in [0, 0.05) is 36.8 Å². The van der Waals surface area contributed by atoms with Crippen molar-refractivity contribution in [2.45, 2.75) is 65.5 Å². The van der Waals surface area contributed by atoms with E-state index in [9.17, 15) is 31.9 Å². The van der Waals surface area contributed by atoms with Gasteiger partial charge in [-0.1, -0.05) is 27.7 Å². The lowest BCUT2D eigenvalue weighted by atomic mass is 9.99. The third-order valence-corrected chi connectivity index (χ3v) is 7.04. The molecule has 2 aromatic carbocycles. The second kappa shape index (κ2) is 16.5. The van der Waals surface area contributed by atoms with Gasteiger partial charge in [-0.05, 0) is 74.0 Å². The summed E-state index contributed by atoms with van der Waals surface area (Å²) >= 11 is 0. The predicted octanol–water partition coefficient (Wildman–Crippen LogP) is 3.94. The van der Waals surface area contributed by atoms with Crippen LogP contribution in [0.4, 0.5) is 14.5 Å². The van der Waals surface area contributed by atoms with E-state index in [-0.39, 0.29) is 41.3 Å². The van der Waals surface area contributed by atoms with Crippen LogP contribution in [0, 0.1) is 17.6 Å². The van der Waals surface area contributed by atoms with Crippen molar-refractivity contribution in [2.75, 3.05) is 37.2 Å². The van der Waals surface area contributed by atoms with Crippen molar-refractivity contribution in [3.63, 3.8) is 0 Å². The molecular formula is C30H44F2N4O5S. The number of nitrogens with one attached hydrogen (secondary N) is 3. The van der Waals surface area contributed by atoms with Gasteiger partial charge >= 0.3 is 0 Å². The van der Waals surface area contributed by atoms with Crippen LogP contribution in [0.2, 0.25) is 0 Å². The number of benzene rings is 2. The molecular weight excluding hydrogens is 566 g/mol. The van der Waals surface area contributed by atoms with Crippen LogP contribution in [0.5, 0.6) is 0 Å². The Labute approximate surface area is 248 Å². The summed E-state index contributed by atoms with van der Waals surface area (Å²) in [5, 5.41) is 16.9. The first-order valence-electron chi connectivity index (χ1n) is 14.3. The number of aliphatic hydroxyl groups is 1. The van der Waals surface area contributed by atoms with Crippen molar-refractivity contribution in [2.24, 2.45) is 5.92 Å². The van der Waals surface area contributed by atoms with Gasteiger partial charge in [0.2, 0.25) is 10.0 Å². The summed E-state index contributed by atoms with van der Waals surface area (Å²) in [6.07, 6.45) is 2.04. The Morgan fingerprint density at radius 3 is 2.10 bits per heavy atom. The first-order valence-corrected chi connectivity index (χ1v) is 16.2. The molecule has 0 spiro atoms. The van der Waals surface area contributed by atoms with E-state index >= 15 is 0 Å². The number of halogens is 2. The van der Waals surface area contributed by atoms with Crippen LogP contribution < -0.4 is 15.4 Å². The Morgan fingerprint density at radius 2 is 1.55 bits per heavy atom. The van der Waals surface area contributed by atoms with Gasteiger partial charge in [-0.15, -0.1) is 0 Å². The molecule has 2 aromatic rings. The van der Waals surface area contributed by atoms with Crippen molar-refractivity contribution in [1.29, 1.82) is 0 Å². The maximum absolute atomic E-state index is 13.9. The summed E-state index contributed by atoms with van der Waals surface area (Å²) in [5.74, 6) is -2.18. The molecule has 0 aliphatic heterocycles. The van der Waals surface area contributed by atoms with Gasteiger partial charge in [-0.25, -0.2) is 17.2 Å². The molecule has 0 saturated heterocycles. The Hall–Kier alpha value is -3.09. The van der Waals surface area contributed by atoms with E-state index in [1.807, 2.05) is 13.8 Å². The normalized spacial score (nSPS) is 13.1. The topological polar surface area (TPSA) is 128 Å². The number of nitrogens with zero attached hydrogens (tertiary/aromatic N) is 1. The Morgan fingerprint density at radius 1 is 0.952 bits per heavy atom. The number of carbonyl (C=O) groups is 2. The van der Waals surface area contributed by atoms with Crippen LogP contribution in [0.15, 0.2) is 36.4 Å². The molecule has 2 rings (SSSR count). The van der Waals surface area contributed by atoms with E-state index in [1.165, 1.54) is 18.2 Å². The number of hydrogen-bond acceptors (Lipinski definition) is 6. The molecule has 0 aliphatic rings. The van der Waals surface area contributed by atoms with Crippen molar-refractivity contribution in [3.8, 4) is 0 Å². The quantitative estimate of drug-likeness (QED) is 0.201. The van der Waals surface area contributed by atoms with E-state index in [4.69, 9.17) is 0 Å². The molecule has 2 atom stereocenters. The minimum atomic E-state index is -3.73. The van der Waals surface area contributed by atoms with Gasteiger partial charge < -0.3 is 20.6 Å². The molecule has 0 aliphatic carbocycles. The van der Waals surface area contributed by atoms with Gasteiger partial charge in [0.1, 0.15) is 11.6 Å². The largest absolute Gasteiger partial charge is 0.390 e. The van der Waals surface area contributed by atoms with E-state index in [2.05, 4.69) is 29.2 Å². The smallest absolute Gasteiger partial charge is 0.253 e. The van der Waals surface area contributed by atoms with Gasteiger partial charge in [-0.3, -0.25) is 14.3 Å². The highest BCUT2D eigenvalue weighted by Crippen LogP contribution is 2.20. The van der Waals surface area contributed by atoms with Crippen molar-refractivity contribution in [1.82, 2.24) is 15.5 Å². The maximum Gasteiger partial charge on any atom is 0.253 e. The maximum atomic E-state index is 13.9. The molecule has 42 heavy (non-hydrogen) atoms. The first kappa shape index (κ1) is 35.1. The van der Waals surface area contributed by atoms with E-state index in [1.54, 1.807) is 4.90 Å². The zero-order valence-corrected chi connectivity index (χ0v) is 25.9. The molecule has 234 valence electrons. The Balaban J connectivity index is 2.43. The standard InChI is InChI=1S/C30H44F2N4O5S/c1-6-10-36(11-7-2)30(39)23-15-22(16-26(17-23)35-42(5,40)41)29(38)34-27(28(37)19-33-9-8-20(3)4)14-21-12-24(31)18-25(32)13-21/h12-13,15-18,20,27-28,33,35,37H,6-11,14,19H2,1-5H3,(H,34,38)/t27-,28+/m0/s1. The third-order valence-electron chi connectivity index (χ3n) is 6.43. The fraction of sp³-hybridized carbons (Fsp3) is 0.533. The van der Waals surface area contributed by atoms with E-state index in [0.717, 1.165) is 30.9 Å². The SMILES string of the molecule is CCCN(CCC)C(=O)c1cc(NS(C)(=O)=O)cc(C(=O)N[C@@H](Cc2cc(F)cc(F)c2)[C@H](O)CNCCC(C)C)c1. The molecule has 0 saturated carbocycles. The molecule has 0 unspecified atom stereocenters. The van der Waals surface area contributed by atoms with Crippen molar-refractivity contribution in [3.05, 3.63) is 64.7 Å². The molecule has 0 fully saturated rings.